The number of likely N-dealkylation sites (N-methyl/N-ethyl adjacent to an activating group) is 1. The fourth-order valence-corrected chi connectivity index (χ4v) is 2.20. The third-order valence-electron chi connectivity index (χ3n) is 3.23. The van der Waals surface area contributed by atoms with E-state index in [9.17, 15) is 4.79 Å². The Morgan fingerprint density at radius 2 is 2.24 bits per heavy atom. The summed E-state index contributed by atoms with van der Waals surface area (Å²) in [7, 11) is 3.85. The molecular formula is C14H18N2O. The average Bonchev–Trinajstić information content (AvgIpc) is 2.66. The number of carbonyl (C=O) groups is 1. The maximum Gasteiger partial charge on any atom is 0.246 e. The molecule has 1 heterocycles. The van der Waals surface area contributed by atoms with Crippen LogP contribution < -0.4 is 10.6 Å². The molecule has 0 spiro atoms. The maximum atomic E-state index is 11.5. The van der Waals surface area contributed by atoms with Gasteiger partial charge in [-0.1, -0.05) is 18.7 Å². The SMILES string of the molecule is C=CC(=O)N(C)Cc1cc2c(n1C)=CCCC=2. The lowest BCUT2D eigenvalue weighted by Crippen LogP contribution is -2.30. The lowest BCUT2D eigenvalue weighted by atomic mass is 10.2. The van der Waals surface area contributed by atoms with E-state index in [2.05, 4.69) is 36.4 Å². The van der Waals surface area contributed by atoms with Crippen LogP contribution in [0.3, 0.4) is 0 Å². The molecule has 0 aliphatic heterocycles. The van der Waals surface area contributed by atoms with E-state index >= 15 is 0 Å². The van der Waals surface area contributed by atoms with Gasteiger partial charge in [-0.15, -0.1) is 0 Å². The Morgan fingerprint density at radius 1 is 1.53 bits per heavy atom. The summed E-state index contributed by atoms with van der Waals surface area (Å²) in [6, 6.07) is 2.16. The molecule has 1 aliphatic carbocycles. The zero-order valence-electron chi connectivity index (χ0n) is 10.4. The number of amides is 1. The fourth-order valence-electron chi connectivity index (χ4n) is 2.20. The van der Waals surface area contributed by atoms with E-state index in [1.54, 1.807) is 11.9 Å². The van der Waals surface area contributed by atoms with Crippen molar-refractivity contribution in [3.8, 4) is 0 Å². The second-order valence-corrected chi connectivity index (χ2v) is 4.42. The van der Waals surface area contributed by atoms with Crippen LogP contribution in [0.4, 0.5) is 0 Å². The molecule has 0 bridgehead atoms. The predicted octanol–water partition coefficient (Wildman–Crippen LogP) is 0.524. The Labute approximate surface area is 101 Å². The van der Waals surface area contributed by atoms with Gasteiger partial charge in [0.1, 0.15) is 0 Å². The van der Waals surface area contributed by atoms with E-state index < -0.39 is 0 Å². The molecule has 1 aliphatic rings. The Morgan fingerprint density at radius 3 is 2.88 bits per heavy atom. The molecule has 3 nitrogen and oxygen atoms in total. The van der Waals surface area contributed by atoms with Gasteiger partial charge >= 0.3 is 0 Å². The van der Waals surface area contributed by atoms with Crippen molar-refractivity contribution >= 4 is 18.1 Å². The van der Waals surface area contributed by atoms with Crippen molar-refractivity contribution in [3.05, 3.63) is 35.0 Å². The van der Waals surface area contributed by atoms with Crippen LogP contribution in [-0.2, 0) is 18.4 Å². The minimum atomic E-state index is -0.0443. The Balaban J connectivity index is 2.33. The van der Waals surface area contributed by atoms with Crippen molar-refractivity contribution in [3.63, 3.8) is 0 Å². The number of rotatable bonds is 3. The summed E-state index contributed by atoms with van der Waals surface area (Å²) in [6.07, 6.45) is 8.08. The highest BCUT2D eigenvalue weighted by atomic mass is 16.2. The molecule has 0 atom stereocenters. The molecular weight excluding hydrogens is 212 g/mol. The normalized spacial score (nSPS) is 13.3. The third kappa shape index (κ3) is 2.18. The molecule has 0 aromatic carbocycles. The van der Waals surface area contributed by atoms with Gasteiger partial charge < -0.3 is 9.47 Å². The molecule has 1 amide bonds. The minimum absolute atomic E-state index is 0.0443. The molecule has 1 aromatic heterocycles. The van der Waals surface area contributed by atoms with Crippen molar-refractivity contribution < 1.29 is 4.79 Å². The molecule has 0 saturated heterocycles. The zero-order valence-corrected chi connectivity index (χ0v) is 10.4. The van der Waals surface area contributed by atoms with E-state index in [0.717, 1.165) is 18.5 Å². The first-order chi connectivity index (χ1) is 8.13. The van der Waals surface area contributed by atoms with Crippen molar-refractivity contribution in [1.82, 2.24) is 9.47 Å². The Kier molecular flexibility index (Phi) is 3.18. The van der Waals surface area contributed by atoms with Gasteiger partial charge in [-0.2, -0.15) is 0 Å². The maximum absolute atomic E-state index is 11.5. The van der Waals surface area contributed by atoms with Crippen LogP contribution in [0.5, 0.6) is 0 Å². The standard InChI is InChI=1S/C14H18N2O/c1-4-14(17)15(2)10-12-9-11-7-5-6-8-13(11)16(12)3/h4,7-9H,1,5-6,10H2,2-3H3. The van der Waals surface area contributed by atoms with Gasteiger partial charge in [0, 0.05) is 25.1 Å². The number of carbonyl (C=O) groups excluding carboxylic acids is 1. The zero-order chi connectivity index (χ0) is 12.4. The third-order valence-corrected chi connectivity index (χ3v) is 3.23. The van der Waals surface area contributed by atoms with Crippen LogP contribution in [0.2, 0.25) is 0 Å². The molecule has 1 aromatic rings. The van der Waals surface area contributed by atoms with E-state index in [-0.39, 0.29) is 5.91 Å². The van der Waals surface area contributed by atoms with Gasteiger partial charge in [-0.05, 0) is 30.2 Å². The van der Waals surface area contributed by atoms with E-state index in [0.29, 0.717) is 6.54 Å². The van der Waals surface area contributed by atoms with Crippen LogP contribution in [0.1, 0.15) is 18.5 Å². The van der Waals surface area contributed by atoms with Crippen LogP contribution in [0, 0.1) is 0 Å². The van der Waals surface area contributed by atoms with Crippen LogP contribution in [-0.4, -0.2) is 22.4 Å². The minimum Gasteiger partial charge on any atom is -0.346 e. The molecule has 0 radical (unpaired) electrons. The van der Waals surface area contributed by atoms with Gasteiger partial charge in [0.25, 0.3) is 0 Å². The summed E-state index contributed by atoms with van der Waals surface area (Å²) >= 11 is 0. The quantitative estimate of drug-likeness (QED) is 0.695. The largest absolute Gasteiger partial charge is 0.346 e. The van der Waals surface area contributed by atoms with Gasteiger partial charge in [0.05, 0.1) is 6.54 Å². The molecule has 90 valence electrons. The Bertz CT molecular complexity index is 566. The number of hydrogen-bond donors (Lipinski definition) is 0. The lowest BCUT2D eigenvalue weighted by Gasteiger charge is -2.15. The highest BCUT2D eigenvalue weighted by Crippen LogP contribution is 2.02. The summed E-state index contributed by atoms with van der Waals surface area (Å²) in [4.78, 5) is 13.1. The summed E-state index contributed by atoms with van der Waals surface area (Å²) in [5.41, 5.74) is 1.15. The van der Waals surface area contributed by atoms with Crippen LogP contribution in [0.15, 0.2) is 18.7 Å². The van der Waals surface area contributed by atoms with Crippen LogP contribution in [0.25, 0.3) is 12.2 Å². The second kappa shape index (κ2) is 4.62. The number of aromatic nitrogens is 1. The van der Waals surface area contributed by atoms with Gasteiger partial charge in [0.15, 0.2) is 0 Å². The summed E-state index contributed by atoms with van der Waals surface area (Å²) < 4.78 is 2.16. The van der Waals surface area contributed by atoms with Crippen molar-refractivity contribution in [1.29, 1.82) is 0 Å². The highest BCUT2D eigenvalue weighted by molar-refractivity contribution is 5.86. The predicted molar refractivity (Wildman–Crippen MR) is 69.5 cm³/mol. The van der Waals surface area contributed by atoms with E-state index in [1.165, 1.54) is 16.6 Å². The average molecular weight is 230 g/mol. The summed E-state index contributed by atoms with van der Waals surface area (Å²) in [6.45, 7) is 4.12. The monoisotopic (exact) mass is 230 g/mol. The van der Waals surface area contributed by atoms with Gasteiger partial charge in [0.2, 0.25) is 5.91 Å². The molecule has 0 unspecified atom stereocenters. The van der Waals surface area contributed by atoms with Crippen molar-refractivity contribution in [2.75, 3.05) is 7.05 Å². The second-order valence-electron chi connectivity index (χ2n) is 4.42. The first-order valence-corrected chi connectivity index (χ1v) is 5.86. The van der Waals surface area contributed by atoms with Crippen molar-refractivity contribution in [2.45, 2.75) is 19.4 Å². The van der Waals surface area contributed by atoms with Crippen LogP contribution >= 0.6 is 0 Å². The lowest BCUT2D eigenvalue weighted by molar-refractivity contribution is -0.125. The molecule has 0 saturated carbocycles. The topological polar surface area (TPSA) is 25.2 Å². The number of nitrogens with zero attached hydrogens (tertiary/aromatic N) is 2. The molecule has 0 N–H and O–H groups in total. The highest BCUT2D eigenvalue weighted by Gasteiger charge is 2.09. The van der Waals surface area contributed by atoms with E-state index in [4.69, 9.17) is 0 Å². The van der Waals surface area contributed by atoms with E-state index in [1.807, 2.05) is 0 Å². The summed E-state index contributed by atoms with van der Waals surface area (Å²) in [5.74, 6) is -0.0443. The first-order valence-electron chi connectivity index (χ1n) is 5.86. The fraction of sp³-hybridized carbons (Fsp3) is 0.357. The molecule has 0 fully saturated rings. The first kappa shape index (κ1) is 11.7. The van der Waals surface area contributed by atoms with Crippen molar-refractivity contribution in [2.24, 2.45) is 7.05 Å². The van der Waals surface area contributed by atoms with Gasteiger partial charge in [-0.3, -0.25) is 4.79 Å². The smallest absolute Gasteiger partial charge is 0.246 e. The molecule has 17 heavy (non-hydrogen) atoms. The number of hydrogen-bond acceptors (Lipinski definition) is 1. The summed E-state index contributed by atoms with van der Waals surface area (Å²) in [5, 5.41) is 2.55. The van der Waals surface area contributed by atoms with Gasteiger partial charge in [-0.25, -0.2) is 0 Å². The molecule has 2 rings (SSSR count). The molecule has 3 heteroatoms. The number of fused-ring (bicyclic) bond motifs is 1. The Hall–Kier alpha value is -1.77.